The highest BCUT2D eigenvalue weighted by atomic mass is 35.5. The minimum atomic E-state index is -0.142. The van der Waals surface area contributed by atoms with E-state index in [1.54, 1.807) is 40.8 Å². The zero-order valence-corrected chi connectivity index (χ0v) is 23.2. The summed E-state index contributed by atoms with van der Waals surface area (Å²) in [6.45, 7) is 2.43. The molecule has 1 amide bonds. The molecule has 6 rings (SSSR count). The van der Waals surface area contributed by atoms with E-state index in [0.29, 0.717) is 34.4 Å². The van der Waals surface area contributed by atoms with Crippen molar-refractivity contribution in [3.05, 3.63) is 94.0 Å². The highest BCUT2D eigenvalue weighted by molar-refractivity contribution is 6.30. The minimum Gasteiger partial charge on any atom is -0.349 e. The first-order valence-electron chi connectivity index (χ1n) is 13.5. The van der Waals surface area contributed by atoms with Gasteiger partial charge >= 0.3 is 5.69 Å². The van der Waals surface area contributed by atoms with E-state index < -0.39 is 0 Å². The van der Waals surface area contributed by atoms with Crippen LogP contribution in [0.15, 0.2) is 72.0 Å². The number of hydrogen-bond donors (Lipinski definition) is 1. The molecule has 0 atom stereocenters. The first kappa shape index (κ1) is 26.0. The van der Waals surface area contributed by atoms with Gasteiger partial charge in [-0.2, -0.15) is 5.10 Å². The van der Waals surface area contributed by atoms with Crippen LogP contribution < -0.4 is 11.0 Å². The molecule has 0 spiro atoms. The van der Waals surface area contributed by atoms with Crippen LogP contribution in [0.1, 0.15) is 41.7 Å². The van der Waals surface area contributed by atoms with Gasteiger partial charge in [-0.25, -0.2) is 4.79 Å². The summed E-state index contributed by atoms with van der Waals surface area (Å²) in [4.78, 5) is 35.3. The molecule has 5 aromatic rings. The van der Waals surface area contributed by atoms with Crippen LogP contribution in [-0.2, 0) is 13.6 Å². The fourth-order valence-corrected chi connectivity index (χ4v) is 5.80. The molecule has 1 N–H and O–H groups in total. The summed E-state index contributed by atoms with van der Waals surface area (Å²) in [5, 5.41) is 8.08. The number of nitrogens with one attached hydrogen (secondary N) is 1. The van der Waals surface area contributed by atoms with Gasteiger partial charge in [-0.15, -0.1) is 0 Å². The van der Waals surface area contributed by atoms with Gasteiger partial charge in [0.25, 0.3) is 5.91 Å². The Morgan fingerprint density at radius 3 is 2.58 bits per heavy atom. The average molecular weight is 556 g/mol. The fourth-order valence-electron chi connectivity index (χ4n) is 5.64. The van der Waals surface area contributed by atoms with Gasteiger partial charge in [-0.1, -0.05) is 23.7 Å². The lowest BCUT2D eigenvalue weighted by Gasteiger charge is -2.29. The predicted octanol–water partition coefficient (Wildman–Crippen LogP) is 4.93. The molecule has 0 aliphatic heterocycles. The maximum absolute atomic E-state index is 13.8. The number of carbonyl (C=O) groups is 1. The van der Waals surface area contributed by atoms with Gasteiger partial charge in [0.2, 0.25) is 0 Å². The largest absolute Gasteiger partial charge is 0.349 e. The zero-order valence-electron chi connectivity index (χ0n) is 22.4. The molecule has 1 aliphatic rings. The molecule has 0 bridgehead atoms. The summed E-state index contributed by atoms with van der Waals surface area (Å²) in [6, 6.07) is 13.5. The van der Waals surface area contributed by atoms with Crippen LogP contribution in [0, 0.1) is 12.8 Å². The summed E-state index contributed by atoms with van der Waals surface area (Å²) < 4.78 is 5.37. The van der Waals surface area contributed by atoms with Crippen LogP contribution >= 0.6 is 11.6 Å². The Morgan fingerprint density at radius 1 is 1.05 bits per heavy atom. The van der Waals surface area contributed by atoms with E-state index >= 15 is 0 Å². The highest BCUT2D eigenvalue weighted by Gasteiger charge is 2.26. The number of benzene rings is 1. The van der Waals surface area contributed by atoms with Crippen molar-refractivity contribution in [1.29, 1.82) is 0 Å². The quantitative estimate of drug-likeness (QED) is 0.320. The number of amides is 1. The molecule has 1 saturated carbocycles. The maximum Gasteiger partial charge on any atom is 0.333 e. The third-order valence-corrected chi connectivity index (χ3v) is 7.95. The van der Waals surface area contributed by atoms with Crippen LogP contribution in [0.5, 0.6) is 0 Å². The topological polar surface area (TPSA) is 99.6 Å². The van der Waals surface area contributed by atoms with Crippen molar-refractivity contribution in [2.24, 2.45) is 13.0 Å². The molecule has 0 unspecified atom stereocenters. The molecule has 0 saturated heterocycles. The molecular formula is C30H30ClN7O2. The third kappa shape index (κ3) is 5.04. The molecule has 9 nitrogen and oxygen atoms in total. The van der Waals surface area contributed by atoms with Crippen LogP contribution in [-0.4, -0.2) is 40.8 Å². The number of hydrogen-bond acceptors (Lipinski definition) is 5. The van der Waals surface area contributed by atoms with Crippen molar-refractivity contribution < 1.29 is 4.79 Å². The van der Waals surface area contributed by atoms with Crippen molar-refractivity contribution in [1.82, 2.24) is 34.2 Å². The Labute approximate surface area is 236 Å². The monoisotopic (exact) mass is 555 g/mol. The maximum atomic E-state index is 13.8. The van der Waals surface area contributed by atoms with Crippen LogP contribution in [0.4, 0.5) is 0 Å². The molecular weight excluding hydrogens is 526 g/mol. The SMILES string of the molecule is Cc1ncc(Cl)cc1C(=O)N[C@H]1CC[C@H](Cn2c(=O)n(-c3cncc(-c4ccn(C)n4)c3)c3ccccc32)CC1. The number of nitrogens with zero attached hydrogens (tertiary/aromatic N) is 6. The minimum absolute atomic E-state index is 0.0828. The number of aromatic nitrogens is 6. The van der Waals surface area contributed by atoms with E-state index in [1.807, 2.05) is 54.2 Å². The summed E-state index contributed by atoms with van der Waals surface area (Å²) in [5.41, 5.74) is 5.20. The first-order chi connectivity index (χ1) is 19.4. The van der Waals surface area contributed by atoms with Crippen molar-refractivity contribution in [2.75, 3.05) is 0 Å². The molecule has 4 heterocycles. The van der Waals surface area contributed by atoms with Crippen LogP contribution in [0.25, 0.3) is 28.0 Å². The number of aryl methyl sites for hydroxylation is 2. The second-order valence-corrected chi connectivity index (χ2v) is 10.9. The molecule has 40 heavy (non-hydrogen) atoms. The molecule has 1 aromatic carbocycles. The second-order valence-electron chi connectivity index (χ2n) is 10.5. The van der Waals surface area contributed by atoms with Crippen LogP contribution in [0.3, 0.4) is 0 Å². The molecule has 204 valence electrons. The molecule has 4 aromatic heterocycles. The van der Waals surface area contributed by atoms with Gasteiger partial charge in [0.1, 0.15) is 0 Å². The number of halogens is 1. The van der Waals surface area contributed by atoms with E-state index in [4.69, 9.17) is 11.6 Å². The lowest BCUT2D eigenvalue weighted by molar-refractivity contribution is 0.0919. The average Bonchev–Trinajstić information content (AvgIpc) is 3.52. The number of rotatable bonds is 6. The van der Waals surface area contributed by atoms with Crippen molar-refractivity contribution >= 4 is 28.5 Å². The number of fused-ring (bicyclic) bond motifs is 1. The smallest absolute Gasteiger partial charge is 0.333 e. The molecule has 0 radical (unpaired) electrons. The summed E-state index contributed by atoms with van der Waals surface area (Å²) in [7, 11) is 1.87. The lowest BCUT2D eigenvalue weighted by Crippen LogP contribution is -2.39. The van der Waals surface area contributed by atoms with Crippen molar-refractivity contribution in [3.8, 4) is 16.9 Å². The highest BCUT2D eigenvalue weighted by Crippen LogP contribution is 2.28. The molecule has 1 aliphatic carbocycles. The number of carbonyl (C=O) groups excluding carboxylic acids is 1. The van der Waals surface area contributed by atoms with Gasteiger partial charge in [0.05, 0.1) is 44.9 Å². The van der Waals surface area contributed by atoms with E-state index in [0.717, 1.165) is 48.0 Å². The van der Waals surface area contributed by atoms with Gasteiger partial charge in [0.15, 0.2) is 0 Å². The Morgan fingerprint density at radius 2 is 1.82 bits per heavy atom. The second kappa shape index (κ2) is 10.7. The number of imidazole rings is 1. The Kier molecular flexibility index (Phi) is 6.98. The normalized spacial score (nSPS) is 17.3. The Bertz CT molecular complexity index is 1760. The van der Waals surface area contributed by atoms with Crippen molar-refractivity contribution in [3.63, 3.8) is 0 Å². The standard InChI is InChI=1S/C30H30ClN7O2/c1-19-25(14-22(31)16-33-19)29(39)34-23-9-7-20(8-10-23)18-37-27-5-3-4-6-28(27)38(30(37)40)24-13-21(15-32-17-24)26-11-12-36(2)35-26/h3-6,11-17,20,23H,7-10,18H2,1-2H3,(H,34,39)/t20-,23-. The van der Waals surface area contributed by atoms with E-state index in [9.17, 15) is 9.59 Å². The van der Waals surface area contributed by atoms with Gasteiger partial charge in [-0.3, -0.25) is 28.6 Å². The molecule has 10 heteroatoms. The van der Waals surface area contributed by atoms with E-state index in [2.05, 4.69) is 20.4 Å². The zero-order chi connectivity index (χ0) is 27.8. The van der Waals surface area contributed by atoms with Gasteiger partial charge < -0.3 is 5.32 Å². The third-order valence-electron chi connectivity index (χ3n) is 7.75. The Hall–Kier alpha value is -4.24. The Balaban J connectivity index is 1.20. The van der Waals surface area contributed by atoms with Crippen LogP contribution in [0.2, 0.25) is 5.02 Å². The van der Waals surface area contributed by atoms with E-state index in [-0.39, 0.29) is 17.6 Å². The summed E-state index contributed by atoms with van der Waals surface area (Å²) >= 11 is 6.05. The predicted molar refractivity (Wildman–Crippen MR) is 155 cm³/mol. The first-order valence-corrected chi connectivity index (χ1v) is 13.8. The van der Waals surface area contributed by atoms with Crippen molar-refractivity contribution in [2.45, 2.75) is 45.2 Å². The number of pyridine rings is 2. The van der Waals surface area contributed by atoms with E-state index in [1.165, 1.54) is 0 Å². The summed E-state index contributed by atoms with van der Waals surface area (Å²) in [6.07, 6.45) is 10.5. The van der Waals surface area contributed by atoms with Gasteiger partial charge in [0, 0.05) is 43.8 Å². The lowest BCUT2D eigenvalue weighted by atomic mass is 9.85. The number of para-hydroxylation sites is 2. The van der Waals surface area contributed by atoms with Gasteiger partial charge in [-0.05, 0) is 68.9 Å². The summed E-state index contributed by atoms with van der Waals surface area (Å²) in [5.74, 6) is 0.189. The fraction of sp³-hybridized carbons (Fsp3) is 0.300. The molecule has 1 fully saturated rings.